The monoisotopic (exact) mass is 337 g/mol. The number of amides is 2. The molecule has 1 N–H and O–H groups in total. The number of para-hydroxylation sites is 1. The fourth-order valence-electron chi connectivity index (χ4n) is 2.31. The van der Waals surface area contributed by atoms with Gasteiger partial charge in [0.15, 0.2) is 0 Å². The van der Waals surface area contributed by atoms with E-state index in [2.05, 4.69) is 5.32 Å². The van der Waals surface area contributed by atoms with E-state index in [0.717, 1.165) is 11.3 Å². The number of hydrogen-bond acceptors (Lipinski definition) is 4. The Kier molecular flexibility index (Phi) is 6.13. The summed E-state index contributed by atoms with van der Waals surface area (Å²) >= 11 is 0. The number of carbonyl (C=O) groups excluding carboxylic acids is 2. The molecule has 0 atom stereocenters. The minimum absolute atomic E-state index is 0.149. The molecule has 2 rings (SSSR count). The van der Waals surface area contributed by atoms with Crippen LogP contribution in [0.4, 0.5) is 5.69 Å². The van der Waals surface area contributed by atoms with Crippen molar-refractivity contribution in [3.63, 3.8) is 0 Å². The number of methoxy groups -OCH3 is 1. The van der Waals surface area contributed by atoms with Gasteiger partial charge < -0.3 is 15.0 Å². The van der Waals surface area contributed by atoms with Gasteiger partial charge in [-0.2, -0.15) is 5.26 Å². The van der Waals surface area contributed by atoms with E-state index in [1.54, 1.807) is 31.4 Å². The zero-order valence-corrected chi connectivity index (χ0v) is 14.2. The molecular weight excluding hydrogens is 318 g/mol. The van der Waals surface area contributed by atoms with Crippen LogP contribution in [-0.4, -0.2) is 25.5 Å². The van der Waals surface area contributed by atoms with Gasteiger partial charge in [-0.05, 0) is 29.8 Å². The van der Waals surface area contributed by atoms with E-state index in [-0.39, 0.29) is 18.4 Å². The van der Waals surface area contributed by atoms with E-state index >= 15 is 0 Å². The Labute approximate surface area is 146 Å². The third-order valence-corrected chi connectivity index (χ3v) is 3.65. The summed E-state index contributed by atoms with van der Waals surface area (Å²) in [5.41, 5.74) is 1.69. The average Bonchev–Trinajstić information content (AvgIpc) is 2.64. The normalized spacial score (nSPS) is 9.80. The first-order valence-electron chi connectivity index (χ1n) is 7.72. The van der Waals surface area contributed by atoms with Gasteiger partial charge in [-0.15, -0.1) is 0 Å². The number of benzene rings is 2. The van der Waals surface area contributed by atoms with Crippen molar-refractivity contribution >= 4 is 17.5 Å². The molecule has 0 aliphatic heterocycles. The molecule has 0 radical (unpaired) electrons. The van der Waals surface area contributed by atoms with Crippen molar-refractivity contribution < 1.29 is 14.3 Å². The summed E-state index contributed by atoms with van der Waals surface area (Å²) in [7, 11) is 1.59. The molecule has 0 aromatic heterocycles. The fraction of sp³-hybridized carbons (Fsp3) is 0.211. The Hall–Kier alpha value is -3.33. The number of nitrogens with one attached hydrogen (secondary N) is 1. The molecule has 128 valence electrons. The number of rotatable bonds is 6. The maximum absolute atomic E-state index is 12.2. The SMILES string of the molecule is COc1ccc(CNC(=O)CN(C(C)=O)c2ccccc2C#N)cc1. The lowest BCUT2D eigenvalue weighted by atomic mass is 10.1. The number of nitrogens with zero attached hydrogens (tertiary/aromatic N) is 2. The van der Waals surface area contributed by atoms with Crippen LogP contribution in [-0.2, 0) is 16.1 Å². The Morgan fingerprint density at radius 1 is 1.16 bits per heavy atom. The van der Waals surface area contributed by atoms with Crippen molar-refractivity contribution in [3.8, 4) is 11.8 Å². The number of anilines is 1. The first-order chi connectivity index (χ1) is 12.0. The van der Waals surface area contributed by atoms with Crippen LogP contribution in [0.2, 0.25) is 0 Å². The van der Waals surface area contributed by atoms with Gasteiger partial charge >= 0.3 is 0 Å². The van der Waals surface area contributed by atoms with Gasteiger partial charge in [-0.1, -0.05) is 24.3 Å². The predicted molar refractivity (Wildman–Crippen MR) is 94.0 cm³/mol. The molecule has 6 nitrogen and oxygen atoms in total. The van der Waals surface area contributed by atoms with Crippen LogP contribution >= 0.6 is 0 Å². The average molecular weight is 337 g/mol. The van der Waals surface area contributed by atoms with E-state index in [1.165, 1.54) is 11.8 Å². The van der Waals surface area contributed by atoms with Gasteiger partial charge in [0, 0.05) is 13.5 Å². The molecule has 2 aromatic carbocycles. The fourth-order valence-corrected chi connectivity index (χ4v) is 2.31. The lowest BCUT2D eigenvalue weighted by Gasteiger charge is -2.21. The molecule has 0 aliphatic carbocycles. The topological polar surface area (TPSA) is 82.4 Å². The van der Waals surface area contributed by atoms with Gasteiger partial charge in [0.1, 0.15) is 18.4 Å². The van der Waals surface area contributed by atoms with Crippen molar-refractivity contribution in [3.05, 3.63) is 59.7 Å². The van der Waals surface area contributed by atoms with Crippen molar-refractivity contribution in [2.45, 2.75) is 13.5 Å². The Morgan fingerprint density at radius 3 is 2.44 bits per heavy atom. The predicted octanol–water partition coefficient (Wildman–Crippen LogP) is 2.24. The Bertz CT molecular complexity index is 794. The van der Waals surface area contributed by atoms with Crippen LogP contribution in [0.15, 0.2) is 48.5 Å². The van der Waals surface area contributed by atoms with Crippen molar-refractivity contribution in [2.24, 2.45) is 0 Å². The summed E-state index contributed by atoms with van der Waals surface area (Å²) in [6.45, 7) is 1.56. The smallest absolute Gasteiger partial charge is 0.240 e. The van der Waals surface area contributed by atoms with E-state index < -0.39 is 0 Å². The molecule has 2 aromatic rings. The first-order valence-corrected chi connectivity index (χ1v) is 7.72. The van der Waals surface area contributed by atoms with E-state index in [9.17, 15) is 14.9 Å². The number of ether oxygens (including phenoxy) is 1. The van der Waals surface area contributed by atoms with Crippen LogP contribution in [0.5, 0.6) is 5.75 Å². The van der Waals surface area contributed by atoms with E-state index in [0.29, 0.717) is 17.8 Å². The van der Waals surface area contributed by atoms with Crippen molar-refractivity contribution in [1.29, 1.82) is 5.26 Å². The molecule has 0 spiro atoms. The molecule has 0 bridgehead atoms. The summed E-state index contributed by atoms with van der Waals surface area (Å²) in [5, 5.41) is 12.0. The van der Waals surface area contributed by atoms with E-state index in [1.807, 2.05) is 30.3 Å². The highest BCUT2D eigenvalue weighted by atomic mass is 16.5. The lowest BCUT2D eigenvalue weighted by molar-refractivity contribution is -0.123. The quantitative estimate of drug-likeness (QED) is 0.876. The summed E-state index contributed by atoms with van der Waals surface area (Å²) in [6.07, 6.45) is 0. The molecule has 0 fully saturated rings. The molecule has 25 heavy (non-hydrogen) atoms. The van der Waals surface area contributed by atoms with Gasteiger partial charge in [0.2, 0.25) is 11.8 Å². The summed E-state index contributed by atoms with van der Waals surface area (Å²) in [5.74, 6) is 0.131. The third kappa shape index (κ3) is 4.82. The maximum atomic E-state index is 12.2. The summed E-state index contributed by atoms with van der Waals surface area (Å²) in [6, 6.07) is 16.1. The highest BCUT2D eigenvalue weighted by molar-refractivity contribution is 5.98. The second kappa shape index (κ2) is 8.50. The molecule has 0 heterocycles. The van der Waals surface area contributed by atoms with Crippen LogP contribution in [0.1, 0.15) is 18.1 Å². The zero-order valence-electron chi connectivity index (χ0n) is 14.2. The van der Waals surface area contributed by atoms with Crippen molar-refractivity contribution in [2.75, 3.05) is 18.6 Å². The number of nitriles is 1. The van der Waals surface area contributed by atoms with Crippen LogP contribution in [0, 0.1) is 11.3 Å². The third-order valence-electron chi connectivity index (χ3n) is 3.65. The highest BCUT2D eigenvalue weighted by Crippen LogP contribution is 2.19. The summed E-state index contributed by atoms with van der Waals surface area (Å²) in [4.78, 5) is 25.4. The second-order valence-corrected chi connectivity index (χ2v) is 5.36. The molecule has 0 unspecified atom stereocenters. The number of hydrogen-bond donors (Lipinski definition) is 1. The highest BCUT2D eigenvalue weighted by Gasteiger charge is 2.18. The molecule has 0 saturated heterocycles. The minimum atomic E-state index is -0.307. The van der Waals surface area contributed by atoms with E-state index in [4.69, 9.17) is 4.74 Å². The maximum Gasteiger partial charge on any atom is 0.240 e. The molecule has 0 aliphatic rings. The van der Waals surface area contributed by atoms with Gasteiger partial charge in [0.05, 0.1) is 18.4 Å². The molecular formula is C19H19N3O3. The molecule has 2 amide bonds. The minimum Gasteiger partial charge on any atom is -0.497 e. The largest absolute Gasteiger partial charge is 0.497 e. The van der Waals surface area contributed by atoms with Crippen molar-refractivity contribution in [1.82, 2.24) is 5.32 Å². The number of carbonyl (C=O) groups is 2. The van der Waals surface area contributed by atoms with Crippen LogP contribution in [0.3, 0.4) is 0 Å². The Balaban J connectivity index is 2.03. The standard InChI is InChI=1S/C19H19N3O3/c1-14(23)22(18-6-4-3-5-16(18)11-20)13-19(24)21-12-15-7-9-17(25-2)10-8-15/h3-10H,12-13H2,1-2H3,(H,21,24). The van der Waals surface area contributed by atoms with Gasteiger partial charge in [-0.25, -0.2) is 0 Å². The summed E-state index contributed by atoms with van der Waals surface area (Å²) < 4.78 is 5.09. The van der Waals surface area contributed by atoms with Crippen LogP contribution < -0.4 is 15.0 Å². The molecule has 0 saturated carbocycles. The Morgan fingerprint density at radius 2 is 1.84 bits per heavy atom. The van der Waals surface area contributed by atoms with Gasteiger partial charge in [0.25, 0.3) is 0 Å². The zero-order chi connectivity index (χ0) is 18.2. The lowest BCUT2D eigenvalue weighted by Crippen LogP contribution is -2.40. The molecule has 6 heteroatoms. The second-order valence-electron chi connectivity index (χ2n) is 5.36. The first kappa shape index (κ1) is 18.0. The van der Waals surface area contributed by atoms with Gasteiger partial charge in [-0.3, -0.25) is 9.59 Å². The van der Waals surface area contributed by atoms with Crippen LogP contribution in [0.25, 0.3) is 0 Å².